The standard InChI is InChI=1S/C19H27N3O2/c1-16-3-5-19(6-4-16)24-15-18(23)14-21-11-7-17(8-12-21)13-22-10-2-9-20-22/h2-6,9-10,17-18,23H,7-8,11-15H2,1H3/t18-/m1/s1. The normalized spacial score (nSPS) is 17.8. The molecule has 3 rings (SSSR count). The lowest BCUT2D eigenvalue weighted by atomic mass is 9.96. The molecule has 2 aromatic rings. The maximum Gasteiger partial charge on any atom is 0.119 e. The maximum absolute atomic E-state index is 10.2. The van der Waals surface area contributed by atoms with E-state index in [4.69, 9.17) is 4.74 Å². The number of nitrogens with zero attached hydrogens (tertiary/aromatic N) is 3. The number of aliphatic hydroxyl groups is 1. The van der Waals surface area contributed by atoms with Crippen LogP contribution in [0.4, 0.5) is 0 Å². The minimum Gasteiger partial charge on any atom is -0.491 e. The molecule has 0 radical (unpaired) electrons. The van der Waals surface area contributed by atoms with Gasteiger partial charge in [0.15, 0.2) is 0 Å². The van der Waals surface area contributed by atoms with E-state index in [-0.39, 0.29) is 0 Å². The highest BCUT2D eigenvalue weighted by Gasteiger charge is 2.21. The number of likely N-dealkylation sites (tertiary alicyclic amines) is 1. The molecule has 0 aliphatic carbocycles. The van der Waals surface area contributed by atoms with Crippen LogP contribution in [0.15, 0.2) is 42.7 Å². The molecule has 0 spiro atoms. The van der Waals surface area contributed by atoms with E-state index in [9.17, 15) is 5.11 Å². The molecule has 0 saturated carbocycles. The quantitative estimate of drug-likeness (QED) is 0.847. The fourth-order valence-corrected chi connectivity index (χ4v) is 3.20. The average Bonchev–Trinajstić information content (AvgIpc) is 3.09. The second-order valence-corrected chi connectivity index (χ2v) is 6.75. The Labute approximate surface area is 143 Å². The number of aryl methyl sites for hydroxylation is 1. The van der Waals surface area contributed by atoms with E-state index in [1.807, 2.05) is 47.4 Å². The van der Waals surface area contributed by atoms with Gasteiger partial charge in [0.1, 0.15) is 18.5 Å². The summed E-state index contributed by atoms with van der Waals surface area (Å²) in [5.74, 6) is 1.50. The molecular weight excluding hydrogens is 302 g/mol. The second-order valence-electron chi connectivity index (χ2n) is 6.75. The van der Waals surface area contributed by atoms with Crippen LogP contribution in [0.25, 0.3) is 0 Å². The summed E-state index contributed by atoms with van der Waals surface area (Å²) in [4.78, 5) is 2.34. The third-order valence-electron chi connectivity index (χ3n) is 4.64. The Balaban J connectivity index is 1.35. The zero-order valence-electron chi connectivity index (χ0n) is 14.3. The number of hydrogen-bond donors (Lipinski definition) is 1. The van der Waals surface area contributed by atoms with Crippen LogP contribution < -0.4 is 4.74 Å². The second kappa shape index (κ2) is 8.31. The monoisotopic (exact) mass is 329 g/mol. The molecule has 2 heterocycles. The molecule has 1 N–H and O–H groups in total. The van der Waals surface area contributed by atoms with Gasteiger partial charge in [0.2, 0.25) is 0 Å². The van der Waals surface area contributed by atoms with Gasteiger partial charge in [-0.25, -0.2) is 0 Å². The van der Waals surface area contributed by atoms with Crippen LogP contribution in [-0.2, 0) is 6.54 Å². The van der Waals surface area contributed by atoms with E-state index in [1.165, 1.54) is 5.56 Å². The van der Waals surface area contributed by atoms with Crippen LogP contribution in [-0.4, -0.2) is 52.1 Å². The number of ether oxygens (including phenoxy) is 1. The summed E-state index contributed by atoms with van der Waals surface area (Å²) < 4.78 is 7.69. The highest BCUT2D eigenvalue weighted by atomic mass is 16.5. The van der Waals surface area contributed by atoms with Crippen LogP contribution in [0.5, 0.6) is 5.75 Å². The summed E-state index contributed by atoms with van der Waals surface area (Å²) in [6.45, 7) is 6.15. The first-order valence-electron chi connectivity index (χ1n) is 8.76. The van der Waals surface area contributed by atoms with Crippen molar-refractivity contribution in [2.75, 3.05) is 26.2 Å². The summed E-state index contributed by atoms with van der Waals surface area (Å²) in [6.07, 6.45) is 5.73. The van der Waals surface area contributed by atoms with Gasteiger partial charge in [0.05, 0.1) is 0 Å². The van der Waals surface area contributed by atoms with E-state index in [0.717, 1.165) is 38.2 Å². The molecule has 0 bridgehead atoms. The van der Waals surface area contributed by atoms with E-state index >= 15 is 0 Å². The van der Waals surface area contributed by atoms with Gasteiger partial charge in [-0.2, -0.15) is 5.10 Å². The number of aliphatic hydroxyl groups excluding tert-OH is 1. The van der Waals surface area contributed by atoms with Crippen LogP contribution in [0.2, 0.25) is 0 Å². The van der Waals surface area contributed by atoms with Crippen molar-refractivity contribution in [3.63, 3.8) is 0 Å². The number of hydrogen-bond acceptors (Lipinski definition) is 4. The molecule has 1 aromatic carbocycles. The minimum absolute atomic E-state index is 0.344. The Morgan fingerprint density at radius 3 is 2.67 bits per heavy atom. The van der Waals surface area contributed by atoms with Crippen LogP contribution in [0, 0.1) is 12.8 Å². The summed E-state index contributed by atoms with van der Waals surface area (Å²) in [5, 5.41) is 14.5. The third kappa shape index (κ3) is 5.08. The average molecular weight is 329 g/mol. The molecule has 1 atom stereocenters. The van der Waals surface area contributed by atoms with Crippen molar-refractivity contribution in [3.8, 4) is 5.75 Å². The zero-order valence-corrected chi connectivity index (χ0v) is 14.3. The third-order valence-corrected chi connectivity index (χ3v) is 4.64. The van der Waals surface area contributed by atoms with Gasteiger partial charge in [-0.05, 0) is 57.0 Å². The van der Waals surface area contributed by atoms with Crippen molar-refractivity contribution in [1.82, 2.24) is 14.7 Å². The first kappa shape index (κ1) is 17.0. The fourth-order valence-electron chi connectivity index (χ4n) is 3.20. The van der Waals surface area contributed by atoms with Crippen molar-refractivity contribution < 1.29 is 9.84 Å². The first-order valence-corrected chi connectivity index (χ1v) is 8.76. The van der Waals surface area contributed by atoms with E-state index in [2.05, 4.69) is 16.9 Å². The van der Waals surface area contributed by atoms with Crippen LogP contribution >= 0.6 is 0 Å². The first-order chi connectivity index (χ1) is 11.7. The molecule has 0 unspecified atom stereocenters. The molecule has 1 fully saturated rings. The zero-order chi connectivity index (χ0) is 16.8. The van der Waals surface area contributed by atoms with Gasteiger partial charge >= 0.3 is 0 Å². The number of piperidine rings is 1. The minimum atomic E-state index is -0.450. The maximum atomic E-state index is 10.2. The van der Waals surface area contributed by atoms with Crippen molar-refractivity contribution >= 4 is 0 Å². The number of benzene rings is 1. The van der Waals surface area contributed by atoms with Crippen molar-refractivity contribution in [1.29, 1.82) is 0 Å². The van der Waals surface area contributed by atoms with Gasteiger partial charge in [-0.15, -0.1) is 0 Å². The molecule has 5 nitrogen and oxygen atoms in total. The molecule has 1 aromatic heterocycles. The Bertz CT molecular complexity index is 590. The number of aromatic nitrogens is 2. The predicted octanol–water partition coefficient (Wildman–Crippen LogP) is 2.34. The Morgan fingerprint density at radius 2 is 2.00 bits per heavy atom. The molecule has 130 valence electrons. The lowest BCUT2D eigenvalue weighted by molar-refractivity contribution is 0.0534. The van der Waals surface area contributed by atoms with E-state index < -0.39 is 6.10 Å². The molecule has 5 heteroatoms. The molecule has 1 aliphatic heterocycles. The summed E-state index contributed by atoms with van der Waals surface area (Å²) >= 11 is 0. The fraction of sp³-hybridized carbons (Fsp3) is 0.526. The van der Waals surface area contributed by atoms with Crippen molar-refractivity contribution in [2.45, 2.75) is 32.4 Å². The summed E-state index contributed by atoms with van der Waals surface area (Å²) in [5.41, 5.74) is 1.21. The van der Waals surface area contributed by atoms with Gasteiger partial charge < -0.3 is 14.7 Å². The largest absolute Gasteiger partial charge is 0.491 e. The Morgan fingerprint density at radius 1 is 1.25 bits per heavy atom. The lowest BCUT2D eigenvalue weighted by Crippen LogP contribution is -2.41. The van der Waals surface area contributed by atoms with Crippen molar-refractivity contribution in [3.05, 3.63) is 48.3 Å². The van der Waals surface area contributed by atoms with Gasteiger partial charge in [0, 0.05) is 25.5 Å². The number of β-amino-alcohol motifs (C(OH)–C–C–N with tert-alkyl or cyclic N) is 1. The molecule has 24 heavy (non-hydrogen) atoms. The smallest absolute Gasteiger partial charge is 0.119 e. The molecular formula is C19H27N3O2. The van der Waals surface area contributed by atoms with Gasteiger partial charge in [0.25, 0.3) is 0 Å². The lowest BCUT2D eigenvalue weighted by Gasteiger charge is -2.33. The van der Waals surface area contributed by atoms with Crippen molar-refractivity contribution in [2.24, 2.45) is 5.92 Å². The Kier molecular flexibility index (Phi) is 5.88. The molecule has 1 aliphatic rings. The van der Waals surface area contributed by atoms with E-state index in [0.29, 0.717) is 19.1 Å². The number of rotatable bonds is 7. The van der Waals surface area contributed by atoms with Crippen LogP contribution in [0.3, 0.4) is 0 Å². The summed E-state index contributed by atoms with van der Waals surface area (Å²) in [6, 6.07) is 9.91. The topological polar surface area (TPSA) is 50.5 Å². The highest BCUT2D eigenvalue weighted by molar-refractivity contribution is 5.26. The van der Waals surface area contributed by atoms with Gasteiger partial charge in [-0.3, -0.25) is 4.68 Å². The molecule has 0 amide bonds. The SMILES string of the molecule is Cc1ccc(OC[C@H](O)CN2CCC(Cn3cccn3)CC2)cc1. The predicted molar refractivity (Wildman–Crippen MR) is 94.1 cm³/mol. The molecule has 1 saturated heterocycles. The van der Waals surface area contributed by atoms with Gasteiger partial charge in [-0.1, -0.05) is 17.7 Å². The van der Waals surface area contributed by atoms with Crippen LogP contribution in [0.1, 0.15) is 18.4 Å². The highest BCUT2D eigenvalue weighted by Crippen LogP contribution is 2.19. The summed E-state index contributed by atoms with van der Waals surface area (Å²) in [7, 11) is 0. The van der Waals surface area contributed by atoms with E-state index in [1.54, 1.807) is 0 Å². The Hall–Kier alpha value is -1.85.